The molecule has 0 unspecified atom stereocenters. The summed E-state index contributed by atoms with van der Waals surface area (Å²) < 4.78 is 0. The van der Waals surface area contributed by atoms with E-state index in [1.54, 1.807) is 6.20 Å². The minimum Gasteiger partial charge on any atom is -0.370 e. The van der Waals surface area contributed by atoms with Gasteiger partial charge in [-0.1, -0.05) is 0 Å². The van der Waals surface area contributed by atoms with E-state index in [-0.39, 0.29) is 5.96 Å². The van der Waals surface area contributed by atoms with Crippen LogP contribution in [0.5, 0.6) is 0 Å². The molecule has 0 saturated heterocycles. The summed E-state index contributed by atoms with van der Waals surface area (Å²) in [5, 5.41) is 4.70. The Kier molecular flexibility index (Phi) is 2.85. The van der Waals surface area contributed by atoms with Crippen molar-refractivity contribution in [1.29, 1.82) is 0 Å². The molecule has 0 aromatic carbocycles. The lowest BCUT2D eigenvalue weighted by molar-refractivity contribution is 0.256. The van der Waals surface area contributed by atoms with Gasteiger partial charge in [0.05, 0.1) is 0 Å². The van der Waals surface area contributed by atoms with Crippen molar-refractivity contribution in [2.75, 3.05) is 12.4 Å². The summed E-state index contributed by atoms with van der Waals surface area (Å²) in [5.74, 6) is 0.394. The number of carbonyl (C=O) groups is 1. The molecule has 0 atom stereocenters. The Morgan fingerprint density at radius 2 is 2.54 bits per heavy atom. The second kappa shape index (κ2) is 4.10. The van der Waals surface area contributed by atoms with Crippen LogP contribution in [0.2, 0.25) is 0 Å². The van der Waals surface area contributed by atoms with Gasteiger partial charge in [-0.25, -0.2) is 9.78 Å². The van der Waals surface area contributed by atoms with Crippen LogP contribution < -0.4 is 16.4 Å². The molecule has 0 fully saturated rings. The van der Waals surface area contributed by atoms with Gasteiger partial charge in [0.25, 0.3) is 0 Å². The molecule has 0 bridgehead atoms. The second-order valence-electron chi connectivity index (χ2n) is 2.13. The normalized spacial score (nSPS) is 11.0. The number of nitrogens with zero attached hydrogens (tertiary/aromatic N) is 2. The number of imidazole rings is 1. The van der Waals surface area contributed by atoms with Crippen LogP contribution in [0, 0.1) is 0 Å². The molecule has 1 aromatic heterocycles. The average Bonchev–Trinajstić information content (AvgIpc) is 2.56. The van der Waals surface area contributed by atoms with Gasteiger partial charge in [-0.05, 0) is 0 Å². The molecule has 1 aromatic rings. The maximum absolute atomic E-state index is 11.0. The highest BCUT2D eigenvalue weighted by Gasteiger charge is 2.02. The Morgan fingerprint density at radius 1 is 1.77 bits per heavy atom. The summed E-state index contributed by atoms with van der Waals surface area (Å²) in [6, 6.07) is -0.488. The summed E-state index contributed by atoms with van der Waals surface area (Å²) in [4.78, 5) is 21.1. The highest BCUT2D eigenvalue weighted by atomic mass is 16.2. The van der Waals surface area contributed by atoms with Gasteiger partial charge in [-0.2, -0.15) is 0 Å². The minimum absolute atomic E-state index is 0.0454. The van der Waals surface area contributed by atoms with Crippen LogP contribution in [0.4, 0.5) is 10.7 Å². The summed E-state index contributed by atoms with van der Waals surface area (Å²) in [5.41, 5.74) is 5.25. The molecule has 0 radical (unpaired) electrons. The predicted molar refractivity (Wildman–Crippen MR) is 48.3 cm³/mol. The lowest BCUT2D eigenvalue weighted by Gasteiger charge is -2.02. The number of carbonyl (C=O) groups excluding carboxylic acids is 1. The highest BCUT2D eigenvalue weighted by Crippen LogP contribution is 1.93. The number of H-pyrrole nitrogens is 1. The van der Waals surface area contributed by atoms with Crippen molar-refractivity contribution in [2.24, 2.45) is 10.7 Å². The van der Waals surface area contributed by atoms with E-state index in [2.05, 4.69) is 25.6 Å². The number of nitrogens with two attached hydrogens (primary N) is 1. The van der Waals surface area contributed by atoms with E-state index >= 15 is 0 Å². The molecule has 1 rings (SSSR count). The van der Waals surface area contributed by atoms with Crippen molar-refractivity contribution >= 4 is 17.9 Å². The van der Waals surface area contributed by atoms with Crippen molar-refractivity contribution in [2.45, 2.75) is 0 Å². The van der Waals surface area contributed by atoms with Crippen molar-refractivity contribution in [1.82, 2.24) is 15.3 Å². The standard InChI is InChI=1S/C6H10N6O/c1-8-4(7)11-6(13)12-5-9-2-3-10-5/h2-3H,1H3,(H5,7,8,9,10,11,12,13). The fraction of sp³-hybridized carbons (Fsp3) is 0.167. The molecule has 70 valence electrons. The molecular formula is C6H10N6O. The molecule has 0 spiro atoms. The zero-order valence-corrected chi connectivity index (χ0v) is 7.03. The number of rotatable bonds is 1. The van der Waals surface area contributed by atoms with Crippen LogP contribution in [0.1, 0.15) is 0 Å². The fourth-order valence-corrected chi connectivity index (χ4v) is 0.645. The van der Waals surface area contributed by atoms with E-state index in [0.29, 0.717) is 5.95 Å². The second-order valence-corrected chi connectivity index (χ2v) is 2.13. The van der Waals surface area contributed by atoms with E-state index in [0.717, 1.165) is 0 Å². The molecule has 13 heavy (non-hydrogen) atoms. The Balaban J connectivity index is 2.43. The first-order valence-electron chi connectivity index (χ1n) is 3.52. The Morgan fingerprint density at radius 3 is 3.08 bits per heavy atom. The van der Waals surface area contributed by atoms with Crippen molar-refractivity contribution in [3.63, 3.8) is 0 Å². The van der Waals surface area contributed by atoms with E-state index in [4.69, 9.17) is 5.73 Å². The van der Waals surface area contributed by atoms with Gasteiger partial charge in [0.2, 0.25) is 5.95 Å². The van der Waals surface area contributed by atoms with Gasteiger partial charge >= 0.3 is 6.03 Å². The smallest absolute Gasteiger partial charge is 0.328 e. The van der Waals surface area contributed by atoms with Crippen molar-refractivity contribution < 1.29 is 4.79 Å². The lowest BCUT2D eigenvalue weighted by Crippen LogP contribution is -2.39. The lowest BCUT2D eigenvalue weighted by atomic mass is 10.8. The predicted octanol–water partition coefficient (Wildman–Crippen LogP) is -0.524. The molecule has 0 aliphatic carbocycles. The summed E-state index contributed by atoms with van der Waals surface area (Å²) >= 11 is 0. The third-order valence-electron chi connectivity index (χ3n) is 1.21. The van der Waals surface area contributed by atoms with Crippen molar-refractivity contribution in [3.05, 3.63) is 12.4 Å². The van der Waals surface area contributed by atoms with Crippen LogP contribution in [0.15, 0.2) is 17.4 Å². The minimum atomic E-state index is -0.488. The molecule has 0 saturated carbocycles. The number of aliphatic imine (C=N–C) groups is 1. The van der Waals surface area contributed by atoms with Gasteiger partial charge in [-0.15, -0.1) is 0 Å². The van der Waals surface area contributed by atoms with Crippen LogP contribution in [0.3, 0.4) is 0 Å². The third-order valence-corrected chi connectivity index (χ3v) is 1.21. The summed E-state index contributed by atoms with van der Waals surface area (Å²) in [6.45, 7) is 0. The Labute approximate surface area is 74.5 Å². The fourth-order valence-electron chi connectivity index (χ4n) is 0.645. The van der Waals surface area contributed by atoms with E-state index in [1.165, 1.54) is 13.2 Å². The number of anilines is 1. The van der Waals surface area contributed by atoms with E-state index in [1.807, 2.05) is 0 Å². The molecule has 0 aliphatic heterocycles. The number of nitrogens with one attached hydrogen (secondary N) is 3. The molecule has 7 heteroatoms. The molecule has 0 aliphatic rings. The maximum Gasteiger partial charge on any atom is 0.328 e. The number of hydrogen-bond donors (Lipinski definition) is 4. The highest BCUT2D eigenvalue weighted by molar-refractivity contribution is 6.00. The first-order chi connectivity index (χ1) is 6.22. The number of aromatic amines is 1. The number of urea groups is 1. The third kappa shape index (κ3) is 2.81. The van der Waals surface area contributed by atoms with Crippen LogP contribution in [-0.2, 0) is 0 Å². The Hall–Kier alpha value is -2.05. The molecule has 1 heterocycles. The first kappa shape index (κ1) is 9.04. The van der Waals surface area contributed by atoms with Gasteiger partial charge < -0.3 is 10.7 Å². The molecular weight excluding hydrogens is 172 g/mol. The SMILES string of the molecule is CN=C(N)NC(=O)Nc1ncc[nH]1. The summed E-state index contributed by atoms with van der Waals surface area (Å²) in [6.07, 6.45) is 3.11. The van der Waals surface area contributed by atoms with Crippen LogP contribution in [-0.4, -0.2) is 29.0 Å². The van der Waals surface area contributed by atoms with Crippen LogP contribution in [0.25, 0.3) is 0 Å². The van der Waals surface area contributed by atoms with E-state index in [9.17, 15) is 4.79 Å². The van der Waals surface area contributed by atoms with Gasteiger partial charge in [-0.3, -0.25) is 15.6 Å². The van der Waals surface area contributed by atoms with E-state index < -0.39 is 6.03 Å². The van der Waals surface area contributed by atoms with Gasteiger partial charge in [0.15, 0.2) is 5.96 Å². The summed E-state index contributed by atoms with van der Waals surface area (Å²) in [7, 11) is 1.47. The van der Waals surface area contributed by atoms with Gasteiger partial charge in [0.1, 0.15) is 0 Å². The number of hydrogen-bond acceptors (Lipinski definition) is 3. The van der Waals surface area contributed by atoms with Gasteiger partial charge in [0, 0.05) is 19.4 Å². The first-order valence-corrected chi connectivity index (χ1v) is 3.52. The zero-order valence-electron chi connectivity index (χ0n) is 7.03. The molecule has 2 amide bonds. The number of amides is 2. The topological polar surface area (TPSA) is 108 Å². The van der Waals surface area contributed by atoms with Crippen LogP contribution >= 0.6 is 0 Å². The Bertz CT molecular complexity index is 303. The largest absolute Gasteiger partial charge is 0.370 e. The monoisotopic (exact) mass is 182 g/mol. The molecule has 5 N–H and O–H groups in total. The zero-order chi connectivity index (χ0) is 9.68. The maximum atomic E-state index is 11.0. The van der Waals surface area contributed by atoms with Crippen molar-refractivity contribution in [3.8, 4) is 0 Å². The number of guanidine groups is 1. The average molecular weight is 182 g/mol. The number of aromatic nitrogens is 2. The molecule has 7 nitrogen and oxygen atoms in total. The quantitative estimate of drug-likeness (QED) is 0.346.